The molecule has 106 valence electrons. The Morgan fingerprint density at radius 3 is 2.53 bits per heavy atom. The van der Waals surface area contributed by atoms with Crippen LogP contribution in [0.15, 0.2) is 30.3 Å². The fraction of sp³-hybridized carbons (Fsp3) is 0.625. The molecule has 0 spiro atoms. The molecule has 1 aliphatic heterocycles. The average molecular weight is 262 g/mol. The maximum absolute atomic E-state index is 9.84. The Bertz CT molecular complexity index is 393. The molecule has 0 radical (unpaired) electrons. The van der Waals surface area contributed by atoms with E-state index < -0.39 is 0 Å². The van der Waals surface area contributed by atoms with Crippen LogP contribution in [0.5, 0.6) is 0 Å². The van der Waals surface area contributed by atoms with Crippen LogP contribution in [0.2, 0.25) is 0 Å². The molecule has 1 saturated heterocycles. The second-order valence-corrected chi connectivity index (χ2v) is 6.23. The van der Waals surface area contributed by atoms with Crippen LogP contribution in [-0.2, 0) is 5.41 Å². The Labute approximate surface area is 116 Å². The molecule has 0 aliphatic carbocycles. The normalized spacial score (nSPS) is 23.7. The first-order chi connectivity index (χ1) is 9.05. The Balaban J connectivity index is 2.04. The van der Waals surface area contributed by atoms with Gasteiger partial charge in [0.05, 0.1) is 6.61 Å². The van der Waals surface area contributed by atoms with E-state index in [4.69, 9.17) is 0 Å². The molecule has 0 saturated carbocycles. The lowest BCUT2D eigenvalue weighted by molar-refractivity contribution is 0.153. The Morgan fingerprint density at radius 1 is 1.32 bits per heavy atom. The lowest BCUT2D eigenvalue weighted by atomic mass is 9.83. The molecule has 0 amide bonds. The van der Waals surface area contributed by atoms with Gasteiger partial charge in [-0.15, -0.1) is 0 Å². The molecule has 19 heavy (non-hydrogen) atoms. The lowest BCUT2D eigenvalue weighted by Crippen LogP contribution is -2.42. The number of aliphatic hydroxyl groups is 1. The highest BCUT2D eigenvalue weighted by Gasteiger charge is 2.32. The van der Waals surface area contributed by atoms with Gasteiger partial charge in [0.1, 0.15) is 0 Å². The van der Waals surface area contributed by atoms with Crippen molar-refractivity contribution in [1.29, 1.82) is 0 Å². The predicted molar refractivity (Wildman–Crippen MR) is 79.4 cm³/mol. The van der Waals surface area contributed by atoms with E-state index in [9.17, 15) is 5.11 Å². The monoisotopic (exact) mass is 262 g/mol. The summed E-state index contributed by atoms with van der Waals surface area (Å²) in [6.07, 6.45) is 1.23. The third-order valence-corrected chi connectivity index (χ3v) is 4.37. The average Bonchev–Trinajstić information content (AvgIpc) is 2.88. The van der Waals surface area contributed by atoms with Gasteiger partial charge >= 0.3 is 0 Å². The van der Waals surface area contributed by atoms with Gasteiger partial charge in [0.2, 0.25) is 0 Å². The maximum atomic E-state index is 9.84. The first-order valence-electron chi connectivity index (χ1n) is 7.10. The number of benzene rings is 1. The van der Waals surface area contributed by atoms with Crippen molar-refractivity contribution < 1.29 is 5.11 Å². The van der Waals surface area contributed by atoms with Crippen molar-refractivity contribution in [2.24, 2.45) is 0 Å². The van der Waals surface area contributed by atoms with Gasteiger partial charge in [-0.05, 0) is 32.6 Å². The van der Waals surface area contributed by atoms with Gasteiger partial charge in [-0.2, -0.15) is 0 Å². The number of rotatable bonds is 5. The van der Waals surface area contributed by atoms with Crippen molar-refractivity contribution in [1.82, 2.24) is 9.80 Å². The third kappa shape index (κ3) is 3.35. The number of hydrogen-bond acceptors (Lipinski definition) is 3. The van der Waals surface area contributed by atoms with Crippen LogP contribution in [0, 0.1) is 0 Å². The number of nitrogens with zero attached hydrogens (tertiary/aromatic N) is 2. The molecule has 3 nitrogen and oxygen atoms in total. The molecule has 1 aromatic rings. The highest BCUT2D eigenvalue weighted by molar-refractivity contribution is 5.25. The summed E-state index contributed by atoms with van der Waals surface area (Å²) >= 11 is 0. The van der Waals surface area contributed by atoms with Crippen molar-refractivity contribution in [2.45, 2.75) is 24.8 Å². The zero-order valence-electron chi connectivity index (χ0n) is 12.3. The van der Waals surface area contributed by atoms with Gasteiger partial charge in [0, 0.05) is 24.5 Å². The van der Waals surface area contributed by atoms with E-state index in [1.54, 1.807) is 0 Å². The van der Waals surface area contributed by atoms with E-state index in [-0.39, 0.29) is 12.0 Å². The van der Waals surface area contributed by atoms with Gasteiger partial charge in [-0.3, -0.25) is 0 Å². The van der Waals surface area contributed by atoms with Crippen LogP contribution < -0.4 is 0 Å². The quantitative estimate of drug-likeness (QED) is 0.872. The lowest BCUT2D eigenvalue weighted by Gasteiger charge is -2.33. The van der Waals surface area contributed by atoms with E-state index in [0.29, 0.717) is 6.04 Å². The molecule has 3 heteroatoms. The fourth-order valence-corrected chi connectivity index (χ4v) is 2.94. The third-order valence-electron chi connectivity index (χ3n) is 4.37. The van der Waals surface area contributed by atoms with Crippen LogP contribution in [0.4, 0.5) is 0 Å². The van der Waals surface area contributed by atoms with Crippen LogP contribution >= 0.6 is 0 Å². The van der Waals surface area contributed by atoms with Gasteiger partial charge in [0.25, 0.3) is 0 Å². The van der Waals surface area contributed by atoms with Gasteiger partial charge < -0.3 is 14.9 Å². The van der Waals surface area contributed by atoms with Crippen LogP contribution in [0.25, 0.3) is 0 Å². The molecule has 2 atom stereocenters. The second kappa shape index (κ2) is 6.04. The highest BCUT2D eigenvalue weighted by Crippen LogP contribution is 2.26. The van der Waals surface area contributed by atoms with Crippen molar-refractivity contribution >= 4 is 0 Å². The Hall–Kier alpha value is -0.900. The largest absolute Gasteiger partial charge is 0.395 e. The molecule has 1 aliphatic rings. The Morgan fingerprint density at radius 2 is 2.00 bits per heavy atom. The van der Waals surface area contributed by atoms with E-state index in [1.807, 2.05) is 6.07 Å². The summed E-state index contributed by atoms with van der Waals surface area (Å²) in [5.74, 6) is 0. The molecule has 2 unspecified atom stereocenters. The highest BCUT2D eigenvalue weighted by atomic mass is 16.3. The predicted octanol–water partition coefficient (Wildman–Crippen LogP) is 1.57. The van der Waals surface area contributed by atoms with E-state index in [0.717, 1.165) is 19.6 Å². The SMILES string of the molecule is CN(C)C1CCN(CC(C)(CO)c2ccccc2)C1. The van der Waals surface area contributed by atoms with Crippen molar-refractivity contribution in [3.05, 3.63) is 35.9 Å². The Kier molecular flexibility index (Phi) is 4.61. The standard InChI is InChI=1S/C16H26N2O/c1-16(13-19,14-7-5-4-6-8-14)12-18-10-9-15(11-18)17(2)3/h4-8,15,19H,9-13H2,1-3H3. The first kappa shape index (κ1) is 14.5. The summed E-state index contributed by atoms with van der Waals surface area (Å²) in [4.78, 5) is 4.78. The van der Waals surface area contributed by atoms with E-state index >= 15 is 0 Å². The summed E-state index contributed by atoms with van der Waals surface area (Å²) in [6, 6.07) is 11.0. The molecule has 1 aromatic carbocycles. The fourth-order valence-electron chi connectivity index (χ4n) is 2.94. The topological polar surface area (TPSA) is 26.7 Å². The van der Waals surface area contributed by atoms with Crippen LogP contribution in [-0.4, -0.2) is 61.3 Å². The summed E-state index contributed by atoms with van der Waals surface area (Å²) < 4.78 is 0. The smallest absolute Gasteiger partial charge is 0.0537 e. The number of aliphatic hydroxyl groups excluding tert-OH is 1. The zero-order chi connectivity index (χ0) is 13.9. The zero-order valence-corrected chi connectivity index (χ0v) is 12.3. The molecular weight excluding hydrogens is 236 g/mol. The minimum atomic E-state index is -0.164. The second-order valence-electron chi connectivity index (χ2n) is 6.23. The maximum Gasteiger partial charge on any atom is 0.0537 e. The molecule has 0 aromatic heterocycles. The molecular formula is C16H26N2O. The van der Waals surface area contributed by atoms with Crippen molar-refractivity contribution in [3.63, 3.8) is 0 Å². The number of hydrogen-bond donors (Lipinski definition) is 1. The summed E-state index contributed by atoms with van der Waals surface area (Å²) in [5.41, 5.74) is 1.06. The van der Waals surface area contributed by atoms with Crippen molar-refractivity contribution in [3.8, 4) is 0 Å². The minimum Gasteiger partial charge on any atom is -0.395 e. The summed E-state index contributed by atoms with van der Waals surface area (Å²) in [5, 5.41) is 9.84. The van der Waals surface area contributed by atoms with Gasteiger partial charge in [0.15, 0.2) is 0 Å². The number of likely N-dealkylation sites (tertiary alicyclic amines) is 1. The van der Waals surface area contributed by atoms with Crippen LogP contribution in [0.1, 0.15) is 18.9 Å². The summed E-state index contributed by atoms with van der Waals surface area (Å²) in [7, 11) is 4.30. The van der Waals surface area contributed by atoms with Crippen molar-refractivity contribution in [2.75, 3.05) is 40.3 Å². The van der Waals surface area contributed by atoms with Gasteiger partial charge in [-0.25, -0.2) is 0 Å². The molecule has 1 N–H and O–H groups in total. The molecule has 0 bridgehead atoms. The molecule has 2 rings (SSSR count). The molecule has 1 heterocycles. The summed E-state index contributed by atoms with van der Waals surface area (Å²) in [6.45, 7) is 5.52. The number of likely N-dealkylation sites (N-methyl/N-ethyl adjacent to an activating group) is 1. The van der Waals surface area contributed by atoms with E-state index in [2.05, 4.69) is 55.1 Å². The first-order valence-corrected chi connectivity index (χ1v) is 7.10. The molecule has 1 fully saturated rings. The van der Waals surface area contributed by atoms with Crippen LogP contribution in [0.3, 0.4) is 0 Å². The van der Waals surface area contributed by atoms with E-state index in [1.165, 1.54) is 12.0 Å². The van der Waals surface area contributed by atoms with Gasteiger partial charge in [-0.1, -0.05) is 37.3 Å². The minimum absolute atomic E-state index is 0.164.